The van der Waals surface area contributed by atoms with Gasteiger partial charge in [0, 0.05) is 23.2 Å². The highest BCUT2D eigenvalue weighted by Crippen LogP contribution is 2.13. The Balaban J connectivity index is 2.01. The molecule has 0 bridgehead atoms. The lowest BCUT2D eigenvalue weighted by molar-refractivity contribution is 0.0949. The molecule has 0 atom stereocenters. The molecule has 0 unspecified atom stereocenters. The molecule has 110 valence electrons. The first kappa shape index (κ1) is 15.7. The Morgan fingerprint density at radius 2 is 1.90 bits per heavy atom. The topological polar surface area (TPSA) is 38.3 Å². The quantitative estimate of drug-likeness (QED) is 0.859. The zero-order chi connectivity index (χ0) is 15.1. The van der Waals surface area contributed by atoms with E-state index in [9.17, 15) is 4.79 Å². The molecular formula is C17H18BrNO2. The second kappa shape index (κ2) is 7.96. The average Bonchev–Trinajstić information content (AvgIpc) is 2.51. The highest BCUT2D eigenvalue weighted by atomic mass is 79.9. The molecule has 0 fully saturated rings. The van der Waals surface area contributed by atoms with E-state index in [4.69, 9.17) is 4.74 Å². The van der Waals surface area contributed by atoms with E-state index in [1.165, 1.54) is 0 Å². The first-order chi connectivity index (χ1) is 10.2. The fourth-order valence-corrected chi connectivity index (χ4v) is 2.39. The highest BCUT2D eigenvalue weighted by molar-refractivity contribution is 9.10. The zero-order valence-electron chi connectivity index (χ0n) is 11.9. The van der Waals surface area contributed by atoms with E-state index in [0.717, 1.165) is 15.6 Å². The molecule has 0 saturated heterocycles. The lowest BCUT2D eigenvalue weighted by atomic mass is 10.1. The highest BCUT2D eigenvalue weighted by Gasteiger charge is 2.07. The Kier molecular flexibility index (Phi) is 5.96. The summed E-state index contributed by atoms with van der Waals surface area (Å²) in [4.78, 5) is 12.1. The molecule has 0 heterocycles. The van der Waals surface area contributed by atoms with E-state index in [-0.39, 0.29) is 5.91 Å². The molecule has 4 heteroatoms. The fraction of sp³-hybridized carbons (Fsp3) is 0.235. The van der Waals surface area contributed by atoms with Crippen molar-refractivity contribution in [2.45, 2.75) is 20.1 Å². The maximum atomic E-state index is 12.1. The summed E-state index contributed by atoms with van der Waals surface area (Å²) in [5.74, 6) is -0.0810. The first-order valence-electron chi connectivity index (χ1n) is 6.89. The van der Waals surface area contributed by atoms with E-state index < -0.39 is 0 Å². The standard InChI is InChI=1S/C17H18BrNO2/c1-2-21-12-15-7-4-3-6-14(15)11-19-17(20)13-8-5-9-16(18)10-13/h3-10H,2,11-12H2,1H3,(H,19,20). The Morgan fingerprint density at radius 1 is 1.14 bits per heavy atom. The van der Waals surface area contributed by atoms with E-state index in [0.29, 0.717) is 25.3 Å². The van der Waals surface area contributed by atoms with E-state index >= 15 is 0 Å². The summed E-state index contributed by atoms with van der Waals surface area (Å²) < 4.78 is 6.34. The van der Waals surface area contributed by atoms with Gasteiger partial charge < -0.3 is 10.1 Å². The number of nitrogens with one attached hydrogen (secondary N) is 1. The molecule has 0 aliphatic rings. The van der Waals surface area contributed by atoms with Crippen molar-refractivity contribution in [2.24, 2.45) is 0 Å². The number of rotatable bonds is 6. The van der Waals surface area contributed by atoms with Crippen molar-refractivity contribution in [1.82, 2.24) is 5.32 Å². The third kappa shape index (κ3) is 4.69. The first-order valence-corrected chi connectivity index (χ1v) is 7.68. The van der Waals surface area contributed by atoms with Crippen molar-refractivity contribution >= 4 is 21.8 Å². The van der Waals surface area contributed by atoms with Crippen molar-refractivity contribution in [1.29, 1.82) is 0 Å². The van der Waals surface area contributed by atoms with Crippen LogP contribution >= 0.6 is 15.9 Å². The minimum Gasteiger partial charge on any atom is -0.377 e. The third-order valence-corrected chi connectivity index (χ3v) is 3.60. The molecule has 0 aliphatic carbocycles. The summed E-state index contributed by atoms with van der Waals surface area (Å²) in [6.45, 7) is 3.71. The second-order valence-electron chi connectivity index (χ2n) is 4.60. The van der Waals surface area contributed by atoms with Crippen molar-refractivity contribution in [3.05, 3.63) is 69.7 Å². The molecule has 21 heavy (non-hydrogen) atoms. The van der Waals surface area contributed by atoms with Gasteiger partial charge in [0.15, 0.2) is 0 Å². The number of carbonyl (C=O) groups is 1. The zero-order valence-corrected chi connectivity index (χ0v) is 13.5. The van der Waals surface area contributed by atoms with Crippen molar-refractivity contribution in [3.8, 4) is 0 Å². The number of hydrogen-bond donors (Lipinski definition) is 1. The van der Waals surface area contributed by atoms with E-state index in [1.807, 2.05) is 43.3 Å². The summed E-state index contributed by atoms with van der Waals surface area (Å²) in [7, 11) is 0. The van der Waals surface area contributed by atoms with Crippen LogP contribution in [0.15, 0.2) is 53.0 Å². The molecule has 0 saturated carbocycles. The van der Waals surface area contributed by atoms with Gasteiger partial charge in [-0.15, -0.1) is 0 Å². The van der Waals surface area contributed by atoms with E-state index in [1.54, 1.807) is 12.1 Å². The Morgan fingerprint density at radius 3 is 2.62 bits per heavy atom. The molecule has 0 aliphatic heterocycles. The molecule has 0 aromatic heterocycles. The molecule has 2 rings (SSSR count). The van der Waals surface area contributed by atoms with Gasteiger partial charge >= 0.3 is 0 Å². The van der Waals surface area contributed by atoms with Gasteiger partial charge in [-0.2, -0.15) is 0 Å². The average molecular weight is 348 g/mol. The Labute approximate surface area is 133 Å². The van der Waals surface area contributed by atoms with Gasteiger partial charge in [-0.05, 0) is 36.2 Å². The minimum absolute atomic E-state index is 0.0810. The van der Waals surface area contributed by atoms with Crippen LogP contribution in [0.1, 0.15) is 28.4 Å². The van der Waals surface area contributed by atoms with Crippen LogP contribution in [-0.2, 0) is 17.9 Å². The Hall–Kier alpha value is -1.65. The lowest BCUT2D eigenvalue weighted by Crippen LogP contribution is -2.23. The fourth-order valence-electron chi connectivity index (χ4n) is 1.99. The molecule has 0 radical (unpaired) electrons. The van der Waals surface area contributed by atoms with Gasteiger partial charge in [-0.3, -0.25) is 4.79 Å². The van der Waals surface area contributed by atoms with Crippen LogP contribution in [0.2, 0.25) is 0 Å². The Bertz CT molecular complexity index is 613. The van der Waals surface area contributed by atoms with E-state index in [2.05, 4.69) is 21.2 Å². The van der Waals surface area contributed by atoms with Gasteiger partial charge in [-0.25, -0.2) is 0 Å². The molecule has 2 aromatic rings. The number of halogens is 1. The number of carbonyl (C=O) groups excluding carboxylic acids is 1. The van der Waals surface area contributed by atoms with Crippen molar-refractivity contribution in [2.75, 3.05) is 6.61 Å². The van der Waals surface area contributed by atoms with Crippen LogP contribution in [0.3, 0.4) is 0 Å². The molecular weight excluding hydrogens is 330 g/mol. The van der Waals surface area contributed by atoms with Crippen LogP contribution in [0, 0.1) is 0 Å². The van der Waals surface area contributed by atoms with Gasteiger partial charge in [0.25, 0.3) is 5.91 Å². The molecule has 2 aromatic carbocycles. The van der Waals surface area contributed by atoms with Gasteiger partial charge in [0.2, 0.25) is 0 Å². The minimum atomic E-state index is -0.0810. The van der Waals surface area contributed by atoms with Gasteiger partial charge in [0.05, 0.1) is 6.61 Å². The summed E-state index contributed by atoms with van der Waals surface area (Å²) in [6, 6.07) is 15.3. The largest absolute Gasteiger partial charge is 0.377 e. The number of hydrogen-bond acceptors (Lipinski definition) is 2. The van der Waals surface area contributed by atoms with Crippen molar-refractivity contribution < 1.29 is 9.53 Å². The predicted octanol–water partition coefficient (Wildman–Crippen LogP) is 3.92. The van der Waals surface area contributed by atoms with Crippen LogP contribution in [0.25, 0.3) is 0 Å². The predicted molar refractivity (Wildman–Crippen MR) is 87.1 cm³/mol. The maximum absolute atomic E-state index is 12.1. The molecule has 1 N–H and O–H groups in total. The monoisotopic (exact) mass is 347 g/mol. The van der Waals surface area contributed by atoms with Crippen LogP contribution < -0.4 is 5.32 Å². The smallest absolute Gasteiger partial charge is 0.251 e. The third-order valence-electron chi connectivity index (χ3n) is 3.11. The molecule has 3 nitrogen and oxygen atoms in total. The molecule has 0 spiro atoms. The SMILES string of the molecule is CCOCc1ccccc1CNC(=O)c1cccc(Br)c1. The van der Waals surface area contributed by atoms with Crippen LogP contribution in [0.5, 0.6) is 0 Å². The maximum Gasteiger partial charge on any atom is 0.251 e. The van der Waals surface area contributed by atoms with Gasteiger partial charge in [-0.1, -0.05) is 46.3 Å². The lowest BCUT2D eigenvalue weighted by Gasteiger charge is -2.11. The number of benzene rings is 2. The van der Waals surface area contributed by atoms with Crippen LogP contribution in [0.4, 0.5) is 0 Å². The van der Waals surface area contributed by atoms with Crippen LogP contribution in [-0.4, -0.2) is 12.5 Å². The summed E-state index contributed by atoms with van der Waals surface area (Å²) in [6.07, 6.45) is 0. The van der Waals surface area contributed by atoms with Crippen molar-refractivity contribution in [3.63, 3.8) is 0 Å². The number of amides is 1. The summed E-state index contributed by atoms with van der Waals surface area (Å²) >= 11 is 3.37. The normalized spacial score (nSPS) is 10.4. The second-order valence-corrected chi connectivity index (χ2v) is 5.51. The summed E-state index contributed by atoms with van der Waals surface area (Å²) in [5, 5.41) is 2.94. The number of ether oxygens (including phenoxy) is 1. The molecule has 1 amide bonds. The summed E-state index contributed by atoms with van der Waals surface area (Å²) in [5.41, 5.74) is 2.83. The van der Waals surface area contributed by atoms with Gasteiger partial charge in [0.1, 0.15) is 0 Å².